The summed E-state index contributed by atoms with van der Waals surface area (Å²) in [5.41, 5.74) is -0.144. The smallest absolute Gasteiger partial charge is 0.282 e. The van der Waals surface area contributed by atoms with E-state index in [1.54, 1.807) is 30.8 Å². The Balaban J connectivity index is 3.31. The Morgan fingerprint density at radius 1 is 1.44 bits per heavy atom. The second-order valence-corrected chi connectivity index (χ2v) is 7.37. The lowest BCUT2D eigenvalue weighted by molar-refractivity contribution is -0.383. The molecule has 0 saturated heterocycles. The summed E-state index contributed by atoms with van der Waals surface area (Å²) in [5.74, 6) is 0.847. The number of nitro benzene ring substituents is 1. The molecule has 0 saturated carbocycles. The molecule has 0 amide bonds. The first-order valence-electron chi connectivity index (χ1n) is 5.56. The SMILES string of the molecule is CCOP(C)(=O)c1cc(SCC)ccc1[N+](=O)[O-]. The van der Waals surface area contributed by atoms with Crippen LogP contribution in [0.5, 0.6) is 0 Å². The van der Waals surface area contributed by atoms with Crippen molar-refractivity contribution in [3.8, 4) is 0 Å². The van der Waals surface area contributed by atoms with Gasteiger partial charge in [0.1, 0.15) is 5.30 Å². The maximum absolute atomic E-state index is 12.4. The maximum Gasteiger partial charge on any atom is 0.282 e. The highest BCUT2D eigenvalue weighted by molar-refractivity contribution is 7.99. The molecule has 0 spiro atoms. The number of nitro groups is 1. The molecule has 0 fully saturated rings. The lowest BCUT2D eigenvalue weighted by Gasteiger charge is -2.14. The van der Waals surface area contributed by atoms with Crippen molar-refractivity contribution < 1.29 is 14.0 Å². The van der Waals surface area contributed by atoms with Crippen LogP contribution in [0.3, 0.4) is 0 Å². The predicted molar refractivity (Wildman–Crippen MR) is 74.3 cm³/mol. The van der Waals surface area contributed by atoms with Crippen molar-refractivity contribution in [3.63, 3.8) is 0 Å². The molecule has 1 aromatic carbocycles. The number of hydrogen-bond donors (Lipinski definition) is 0. The van der Waals surface area contributed by atoms with Gasteiger partial charge in [-0.05, 0) is 24.8 Å². The second kappa shape index (κ2) is 6.36. The molecular formula is C11H16NO4PS. The third-order valence-corrected chi connectivity index (χ3v) is 5.13. The Bertz CT molecular complexity index is 492. The molecule has 0 heterocycles. The summed E-state index contributed by atoms with van der Waals surface area (Å²) in [5, 5.41) is 11.2. The van der Waals surface area contributed by atoms with E-state index in [1.807, 2.05) is 6.92 Å². The summed E-state index contributed by atoms with van der Waals surface area (Å²) in [6.45, 7) is 5.38. The zero-order valence-corrected chi connectivity index (χ0v) is 12.3. The normalized spacial score (nSPS) is 14.2. The van der Waals surface area contributed by atoms with Crippen LogP contribution in [0.15, 0.2) is 23.1 Å². The van der Waals surface area contributed by atoms with Gasteiger partial charge in [0.25, 0.3) is 5.69 Å². The lowest BCUT2D eigenvalue weighted by Crippen LogP contribution is -2.12. The van der Waals surface area contributed by atoms with E-state index in [0.717, 1.165) is 10.6 Å². The van der Waals surface area contributed by atoms with Gasteiger partial charge in [0.05, 0.1) is 11.5 Å². The Morgan fingerprint density at radius 2 is 2.11 bits per heavy atom. The first-order valence-corrected chi connectivity index (χ1v) is 8.62. The summed E-state index contributed by atoms with van der Waals surface area (Å²) < 4.78 is 17.5. The number of hydrogen-bond acceptors (Lipinski definition) is 5. The van der Waals surface area contributed by atoms with Gasteiger partial charge in [-0.1, -0.05) is 6.92 Å². The minimum absolute atomic E-state index is 0.144. The molecule has 0 aliphatic heterocycles. The summed E-state index contributed by atoms with van der Waals surface area (Å²) in [4.78, 5) is 11.3. The number of rotatable bonds is 6. The van der Waals surface area contributed by atoms with Crippen molar-refractivity contribution in [1.82, 2.24) is 0 Å². The van der Waals surface area contributed by atoms with Gasteiger partial charge in [-0.3, -0.25) is 14.7 Å². The zero-order chi connectivity index (χ0) is 13.8. The van der Waals surface area contributed by atoms with Crippen LogP contribution < -0.4 is 5.30 Å². The summed E-state index contributed by atoms with van der Waals surface area (Å²) >= 11 is 1.54. The second-order valence-electron chi connectivity index (χ2n) is 3.60. The van der Waals surface area contributed by atoms with E-state index in [4.69, 9.17) is 4.52 Å². The quantitative estimate of drug-likeness (QED) is 0.348. The number of benzene rings is 1. The van der Waals surface area contributed by atoms with Gasteiger partial charge < -0.3 is 4.52 Å². The van der Waals surface area contributed by atoms with Gasteiger partial charge in [-0.2, -0.15) is 0 Å². The van der Waals surface area contributed by atoms with Crippen molar-refractivity contribution in [3.05, 3.63) is 28.3 Å². The molecule has 100 valence electrons. The molecule has 1 aromatic rings. The third-order valence-electron chi connectivity index (χ3n) is 2.27. The van der Waals surface area contributed by atoms with E-state index in [0.29, 0.717) is 0 Å². The maximum atomic E-state index is 12.4. The standard InChI is InChI=1S/C11H16NO4PS/c1-4-16-17(3,15)11-8-9(18-5-2)6-7-10(11)12(13)14/h6-8H,4-5H2,1-3H3. The molecule has 0 aliphatic carbocycles. The van der Waals surface area contributed by atoms with Crippen LogP contribution in [-0.4, -0.2) is 23.9 Å². The fourth-order valence-corrected chi connectivity index (χ4v) is 3.92. The zero-order valence-electron chi connectivity index (χ0n) is 10.6. The topological polar surface area (TPSA) is 69.4 Å². The van der Waals surface area contributed by atoms with Crippen LogP contribution in [0.25, 0.3) is 0 Å². The molecule has 1 rings (SSSR count). The highest BCUT2D eigenvalue weighted by Crippen LogP contribution is 2.44. The van der Waals surface area contributed by atoms with Gasteiger partial charge in [0.2, 0.25) is 7.37 Å². The summed E-state index contributed by atoms with van der Waals surface area (Å²) in [6, 6.07) is 4.66. The van der Waals surface area contributed by atoms with E-state index in [2.05, 4.69) is 0 Å². The van der Waals surface area contributed by atoms with E-state index in [-0.39, 0.29) is 17.6 Å². The van der Waals surface area contributed by atoms with Crippen LogP contribution in [-0.2, 0) is 9.09 Å². The first-order chi connectivity index (χ1) is 8.42. The molecule has 0 aromatic heterocycles. The van der Waals surface area contributed by atoms with Crippen LogP contribution in [0.2, 0.25) is 0 Å². The summed E-state index contributed by atoms with van der Waals surface area (Å²) in [7, 11) is -3.14. The molecule has 0 N–H and O–H groups in total. The largest absolute Gasteiger partial charge is 0.326 e. The van der Waals surface area contributed by atoms with Crippen LogP contribution in [0.1, 0.15) is 13.8 Å². The number of nitrogens with zero attached hydrogens (tertiary/aromatic N) is 1. The Hall–Kier alpha value is -0.840. The van der Waals surface area contributed by atoms with Crippen molar-refractivity contribution in [1.29, 1.82) is 0 Å². The minimum Gasteiger partial charge on any atom is -0.326 e. The van der Waals surface area contributed by atoms with Gasteiger partial charge in [0, 0.05) is 17.6 Å². The molecule has 0 bridgehead atoms. The molecule has 7 heteroatoms. The van der Waals surface area contributed by atoms with Crippen molar-refractivity contribution >= 4 is 30.1 Å². The molecule has 5 nitrogen and oxygen atoms in total. The Morgan fingerprint density at radius 3 is 2.61 bits per heavy atom. The molecule has 18 heavy (non-hydrogen) atoms. The van der Waals surface area contributed by atoms with Crippen molar-refractivity contribution in [2.24, 2.45) is 0 Å². The summed E-state index contributed by atoms with van der Waals surface area (Å²) in [6.07, 6.45) is 0. The molecular weight excluding hydrogens is 273 g/mol. The fourth-order valence-electron chi connectivity index (χ4n) is 1.56. The van der Waals surface area contributed by atoms with Gasteiger partial charge >= 0.3 is 0 Å². The Labute approximate surface area is 111 Å². The van der Waals surface area contributed by atoms with Gasteiger partial charge in [-0.15, -0.1) is 11.8 Å². The highest BCUT2D eigenvalue weighted by Gasteiger charge is 2.28. The van der Waals surface area contributed by atoms with Gasteiger partial charge in [-0.25, -0.2) is 0 Å². The van der Waals surface area contributed by atoms with E-state index in [1.165, 1.54) is 12.7 Å². The molecule has 1 atom stereocenters. The predicted octanol–water partition coefficient (Wildman–Crippen LogP) is 3.28. The van der Waals surface area contributed by atoms with Crippen molar-refractivity contribution in [2.45, 2.75) is 18.7 Å². The monoisotopic (exact) mass is 289 g/mol. The van der Waals surface area contributed by atoms with Gasteiger partial charge in [0.15, 0.2) is 0 Å². The first kappa shape index (κ1) is 15.2. The molecule has 0 radical (unpaired) electrons. The van der Waals surface area contributed by atoms with E-state index in [9.17, 15) is 14.7 Å². The Kier molecular flexibility index (Phi) is 5.38. The number of thioether (sulfide) groups is 1. The van der Waals surface area contributed by atoms with E-state index < -0.39 is 12.3 Å². The van der Waals surface area contributed by atoms with Crippen molar-refractivity contribution in [2.75, 3.05) is 19.0 Å². The molecule has 1 unspecified atom stereocenters. The fraction of sp³-hybridized carbons (Fsp3) is 0.455. The molecule has 0 aliphatic rings. The highest BCUT2D eigenvalue weighted by atomic mass is 32.2. The minimum atomic E-state index is -3.14. The lowest BCUT2D eigenvalue weighted by atomic mass is 10.3. The van der Waals surface area contributed by atoms with Crippen LogP contribution >= 0.6 is 19.1 Å². The average molecular weight is 289 g/mol. The third kappa shape index (κ3) is 3.57. The van der Waals surface area contributed by atoms with Crippen LogP contribution in [0.4, 0.5) is 5.69 Å². The average Bonchev–Trinajstić information content (AvgIpc) is 2.29. The van der Waals surface area contributed by atoms with Crippen LogP contribution in [0, 0.1) is 10.1 Å². The van der Waals surface area contributed by atoms with E-state index >= 15 is 0 Å².